The van der Waals surface area contributed by atoms with Gasteiger partial charge >= 0.3 is 12.1 Å². The molecule has 0 spiro atoms. The molecule has 1 aromatic heterocycles. The van der Waals surface area contributed by atoms with Gasteiger partial charge in [0.05, 0.1) is 0 Å². The van der Waals surface area contributed by atoms with Crippen LogP contribution in [0.25, 0.3) is 22.3 Å². The SMILES string of the molecule is CC[C@@H](C)[C@H](NC(=O)OCc1ccccc1)C(=O)Oc1cc(O)c2c(=O)cc(-c3ccccc3)oc2c1. The molecule has 37 heavy (non-hydrogen) atoms. The zero-order valence-electron chi connectivity index (χ0n) is 20.5. The number of fused-ring (bicyclic) bond motifs is 1. The Balaban J connectivity index is 1.54. The van der Waals surface area contributed by atoms with Crippen molar-refractivity contribution in [2.24, 2.45) is 5.92 Å². The van der Waals surface area contributed by atoms with E-state index in [1.165, 1.54) is 18.2 Å². The summed E-state index contributed by atoms with van der Waals surface area (Å²) in [6, 6.07) is 21.0. The molecular formula is C29H27NO7. The van der Waals surface area contributed by atoms with Crippen LogP contribution in [0.15, 0.2) is 88.1 Å². The minimum Gasteiger partial charge on any atom is -0.507 e. The van der Waals surface area contributed by atoms with Crippen molar-refractivity contribution in [3.05, 3.63) is 94.6 Å². The highest BCUT2D eigenvalue weighted by atomic mass is 16.6. The second kappa shape index (κ2) is 11.4. The molecule has 0 aliphatic rings. The van der Waals surface area contributed by atoms with E-state index in [0.29, 0.717) is 17.7 Å². The molecule has 0 aliphatic heterocycles. The molecule has 0 unspecified atom stereocenters. The lowest BCUT2D eigenvalue weighted by Crippen LogP contribution is -2.47. The Morgan fingerprint density at radius 3 is 2.35 bits per heavy atom. The fourth-order valence-corrected chi connectivity index (χ4v) is 3.79. The van der Waals surface area contributed by atoms with Gasteiger partial charge in [0.2, 0.25) is 0 Å². The first-order chi connectivity index (χ1) is 17.9. The van der Waals surface area contributed by atoms with Gasteiger partial charge in [-0.15, -0.1) is 0 Å². The van der Waals surface area contributed by atoms with Crippen LogP contribution in [0.1, 0.15) is 25.8 Å². The van der Waals surface area contributed by atoms with E-state index in [1.807, 2.05) is 55.5 Å². The number of phenolic OH excluding ortho intramolecular Hbond substituents is 1. The van der Waals surface area contributed by atoms with Crippen molar-refractivity contribution in [3.8, 4) is 22.8 Å². The number of esters is 1. The summed E-state index contributed by atoms with van der Waals surface area (Å²) in [6.07, 6.45) is -0.178. The van der Waals surface area contributed by atoms with E-state index >= 15 is 0 Å². The normalized spacial score (nSPS) is 12.5. The molecule has 4 rings (SSSR count). The predicted octanol–water partition coefficient (Wildman–Crippen LogP) is 5.41. The van der Waals surface area contributed by atoms with E-state index in [-0.39, 0.29) is 35.0 Å². The van der Waals surface area contributed by atoms with E-state index in [9.17, 15) is 19.5 Å². The van der Waals surface area contributed by atoms with Gasteiger partial charge in [0.15, 0.2) is 5.43 Å². The van der Waals surface area contributed by atoms with Gasteiger partial charge in [0.1, 0.15) is 40.9 Å². The number of aromatic hydroxyl groups is 1. The van der Waals surface area contributed by atoms with Crippen LogP contribution in [0.4, 0.5) is 4.79 Å². The molecule has 0 fully saturated rings. The van der Waals surface area contributed by atoms with Crippen molar-refractivity contribution in [2.75, 3.05) is 0 Å². The van der Waals surface area contributed by atoms with Crippen LogP contribution in [0.3, 0.4) is 0 Å². The van der Waals surface area contributed by atoms with Gasteiger partial charge in [-0.3, -0.25) is 4.79 Å². The Hall–Kier alpha value is -4.59. The van der Waals surface area contributed by atoms with Crippen LogP contribution in [-0.4, -0.2) is 23.2 Å². The molecule has 0 saturated heterocycles. The van der Waals surface area contributed by atoms with Gasteiger partial charge in [-0.25, -0.2) is 9.59 Å². The minimum absolute atomic E-state index is 0.0272. The number of rotatable bonds is 8. The maximum atomic E-state index is 13.1. The minimum atomic E-state index is -1.01. The Morgan fingerprint density at radius 2 is 1.68 bits per heavy atom. The van der Waals surface area contributed by atoms with Crippen LogP contribution in [0.2, 0.25) is 0 Å². The average molecular weight is 502 g/mol. The molecule has 4 aromatic rings. The summed E-state index contributed by atoms with van der Waals surface area (Å²) in [5.41, 5.74) is 1.11. The summed E-state index contributed by atoms with van der Waals surface area (Å²) in [5, 5.41) is 13.0. The summed E-state index contributed by atoms with van der Waals surface area (Å²) in [4.78, 5) is 38.1. The van der Waals surface area contributed by atoms with Gasteiger partial charge in [-0.1, -0.05) is 80.9 Å². The maximum absolute atomic E-state index is 13.1. The third-order valence-electron chi connectivity index (χ3n) is 6.01. The Morgan fingerprint density at radius 1 is 1.00 bits per heavy atom. The van der Waals surface area contributed by atoms with Crippen LogP contribution < -0.4 is 15.5 Å². The lowest BCUT2D eigenvalue weighted by molar-refractivity contribution is -0.138. The average Bonchev–Trinajstić information content (AvgIpc) is 2.90. The summed E-state index contributed by atoms with van der Waals surface area (Å²) < 4.78 is 16.6. The third kappa shape index (κ3) is 6.16. The lowest BCUT2D eigenvalue weighted by atomic mass is 9.99. The number of alkyl carbamates (subject to hydrolysis) is 1. The first-order valence-electron chi connectivity index (χ1n) is 11.9. The number of phenols is 1. The van der Waals surface area contributed by atoms with Crippen molar-refractivity contribution in [3.63, 3.8) is 0 Å². The molecule has 0 bridgehead atoms. The van der Waals surface area contributed by atoms with Crippen molar-refractivity contribution < 1.29 is 28.6 Å². The highest BCUT2D eigenvalue weighted by Gasteiger charge is 2.29. The number of hydrogen-bond acceptors (Lipinski definition) is 7. The fourth-order valence-electron chi connectivity index (χ4n) is 3.79. The number of carbonyl (C=O) groups is 2. The molecule has 0 saturated carbocycles. The molecule has 2 atom stereocenters. The van der Waals surface area contributed by atoms with Gasteiger partial charge < -0.3 is 24.3 Å². The second-order valence-corrected chi connectivity index (χ2v) is 8.65. The van der Waals surface area contributed by atoms with Crippen LogP contribution in [0, 0.1) is 5.92 Å². The Kier molecular flexibility index (Phi) is 7.88. The zero-order chi connectivity index (χ0) is 26.4. The van der Waals surface area contributed by atoms with Crippen molar-refractivity contribution in [1.82, 2.24) is 5.32 Å². The Labute approximate surface area is 213 Å². The molecule has 8 nitrogen and oxygen atoms in total. The lowest BCUT2D eigenvalue weighted by Gasteiger charge is -2.22. The first-order valence-corrected chi connectivity index (χ1v) is 11.9. The fraction of sp³-hybridized carbons (Fsp3) is 0.207. The number of ether oxygens (including phenoxy) is 2. The molecule has 8 heteroatoms. The van der Waals surface area contributed by atoms with E-state index < -0.39 is 23.5 Å². The smallest absolute Gasteiger partial charge is 0.408 e. The quantitative estimate of drug-likeness (QED) is 0.245. The molecule has 2 N–H and O–H groups in total. The summed E-state index contributed by atoms with van der Waals surface area (Å²) in [7, 11) is 0. The maximum Gasteiger partial charge on any atom is 0.408 e. The molecule has 0 aliphatic carbocycles. The van der Waals surface area contributed by atoms with Crippen LogP contribution in [0.5, 0.6) is 11.5 Å². The number of nitrogens with one attached hydrogen (secondary N) is 1. The van der Waals surface area contributed by atoms with Gasteiger partial charge in [-0.2, -0.15) is 0 Å². The highest BCUT2D eigenvalue weighted by Crippen LogP contribution is 2.31. The van der Waals surface area contributed by atoms with Gasteiger partial charge in [-0.05, 0) is 11.5 Å². The zero-order valence-corrected chi connectivity index (χ0v) is 20.5. The molecular weight excluding hydrogens is 474 g/mol. The molecule has 190 valence electrons. The summed E-state index contributed by atoms with van der Waals surface area (Å²) in [5.74, 6) is -1.12. The van der Waals surface area contributed by atoms with Gasteiger partial charge in [0.25, 0.3) is 0 Å². The monoisotopic (exact) mass is 501 g/mol. The number of hydrogen-bond donors (Lipinski definition) is 2. The topological polar surface area (TPSA) is 115 Å². The second-order valence-electron chi connectivity index (χ2n) is 8.65. The molecule has 3 aromatic carbocycles. The molecule has 1 amide bonds. The van der Waals surface area contributed by atoms with E-state index in [2.05, 4.69) is 5.32 Å². The van der Waals surface area contributed by atoms with Crippen molar-refractivity contribution >= 4 is 23.0 Å². The summed E-state index contributed by atoms with van der Waals surface area (Å²) in [6.45, 7) is 3.73. The standard InChI is InChI=1S/C29H27NO7/c1-3-18(2)27(30-29(34)35-17-19-10-6-4-7-11-19)28(33)36-21-14-22(31)26-23(32)16-24(37-25(26)15-21)20-12-8-5-9-13-20/h4-16,18,27,31H,3,17H2,1-2H3,(H,30,34)/t18-,27+/m1/s1. The predicted molar refractivity (Wildman–Crippen MR) is 138 cm³/mol. The third-order valence-corrected chi connectivity index (χ3v) is 6.01. The first kappa shape index (κ1) is 25.5. The molecule has 0 radical (unpaired) electrons. The molecule has 1 heterocycles. The number of amides is 1. The largest absolute Gasteiger partial charge is 0.507 e. The van der Waals surface area contributed by atoms with Crippen LogP contribution in [-0.2, 0) is 16.1 Å². The highest BCUT2D eigenvalue weighted by molar-refractivity contribution is 5.88. The number of benzene rings is 3. The van der Waals surface area contributed by atoms with E-state index in [0.717, 1.165) is 5.56 Å². The van der Waals surface area contributed by atoms with Gasteiger partial charge in [0, 0.05) is 23.8 Å². The van der Waals surface area contributed by atoms with Crippen molar-refractivity contribution in [2.45, 2.75) is 32.9 Å². The number of carbonyl (C=O) groups excluding carboxylic acids is 2. The summed E-state index contributed by atoms with van der Waals surface area (Å²) >= 11 is 0. The van der Waals surface area contributed by atoms with Crippen LogP contribution >= 0.6 is 0 Å². The van der Waals surface area contributed by atoms with Crippen molar-refractivity contribution in [1.29, 1.82) is 0 Å². The van der Waals surface area contributed by atoms with E-state index in [4.69, 9.17) is 13.9 Å². The Bertz CT molecular complexity index is 1450. The van der Waals surface area contributed by atoms with E-state index in [1.54, 1.807) is 19.1 Å².